The molecule has 0 bridgehead atoms. The van der Waals surface area contributed by atoms with Crippen LogP contribution in [0.1, 0.15) is 19.8 Å². The van der Waals surface area contributed by atoms with Crippen LogP contribution in [0.3, 0.4) is 0 Å². The summed E-state index contributed by atoms with van der Waals surface area (Å²) in [4.78, 5) is 9.80. The van der Waals surface area contributed by atoms with Gasteiger partial charge in [0.1, 0.15) is 0 Å². The Balaban J connectivity index is 1.95. The highest BCUT2D eigenvalue weighted by Crippen LogP contribution is 2.18. The number of aromatic nitrogens is 2. The first-order valence-electron chi connectivity index (χ1n) is 5.86. The zero-order chi connectivity index (χ0) is 12.3. The maximum atomic E-state index is 13.4. The zero-order valence-electron chi connectivity index (χ0n) is 9.79. The highest BCUT2D eigenvalue weighted by atomic mass is 35.5. The van der Waals surface area contributed by atoms with E-state index >= 15 is 0 Å². The quantitative estimate of drug-likeness (QED) is 0.841. The number of likely N-dealkylation sites (tertiary alicyclic amines) is 1. The molecule has 2 heterocycles. The molecule has 1 unspecified atom stereocenters. The molecule has 94 valence electrons. The minimum Gasteiger partial charge on any atom is -0.366 e. The first-order valence-corrected chi connectivity index (χ1v) is 6.24. The molecule has 1 N–H and O–H groups in total. The summed E-state index contributed by atoms with van der Waals surface area (Å²) in [6, 6.07) is 0.452. The fourth-order valence-corrected chi connectivity index (χ4v) is 2.36. The lowest BCUT2D eigenvalue weighted by atomic mass is 10.2. The molecule has 1 aliphatic rings. The van der Waals surface area contributed by atoms with E-state index in [9.17, 15) is 4.39 Å². The number of anilines is 1. The first kappa shape index (κ1) is 12.5. The van der Waals surface area contributed by atoms with Crippen molar-refractivity contribution < 1.29 is 4.39 Å². The summed E-state index contributed by atoms with van der Waals surface area (Å²) in [5.41, 5.74) is 0. The number of nitrogens with zero attached hydrogens (tertiary/aromatic N) is 3. The van der Waals surface area contributed by atoms with Gasteiger partial charge in [0, 0.05) is 12.6 Å². The molecule has 1 fully saturated rings. The Kier molecular flexibility index (Phi) is 4.12. The maximum absolute atomic E-state index is 13.4. The Morgan fingerprint density at radius 3 is 3.24 bits per heavy atom. The van der Waals surface area contributed by atoms with Gasteiger partial charge in [-0.15, -0.1) is 0 Å². The lowest BCUT2D eigenvalue weighted by Gasteiger charge is -2.23. The van der Waals surface area contributed by atoms with Gasteiger partial charge in [0.15, 0.2) is 11.6 Å². The second-order valence-electron chi connectivity index (χ2n) is 4.14. The molecule has 2 rings (SSSR count). The van der Waals surface area contributed by atoms with Gasteiger partial charge in [-0.2, -0.15) is 4.98 Å². The standard InChI is InChI=1S/C11H16ClFN4/c1-2-17-5-3-4-8(17)6-14-10-9(13)7-15-11(12)16-10/h7-8H,2-6H2,1H3,(H,14,15,16). The molecule has 0 radical (unpaired) electrons. The van der Waals surface area contributed by atoms with Crippen LogP contribution in [-0.4, -0.2) is 40.5 Å². The molecule has 0 aliphatic carbocycles. The predicted molar refractivity (Wildman–Crippen MR) is 65.8 cm³/mol. The summed E-state index contributed by atoms with van der Waals surface area (Å²) in [7, 11) is 0. The van der Waals surface area contributed by atoms with Crippen LogP contribution < -0.4 is 5.32 Å². The van der Waals surface area contributed by atoms with Crippen molar-refractivity contribution in [3.63, 3.8) is 0 Å². The lowest BCUT2D eigenvalue weighted by Crippen LogP contribution is -2.34. The Morgan fingerprint density at radius 1 is 1.65 bits per heavy atom. The summed E-state index contributed by atoms with van der Waals surface area (Å²) in [6.45, 7) is 4.98. The van der Waals surface area contributed by atoms with Crippen LogP contribution in [0.4, 0.5) is 10.2 Å². The van der Waals surface area contributed by atoms with Crippen LogP contribution >= 0.6 is 11.6 Å². The van der Waals surface area contributed by atoms with Crippen molar-refractivity contribution in [1.82, 2.24) is 14.9 Å². The van der Waals surface area contributed by atoms with Gasteiger partial charge in [-0.05, 0) is 37.5 Å². The number of nitrogens with one attached hydrogen (secondary N) is 1. The van der Waals surface area contributed by atoms with E-state index in [0.29, 0.717) is 12.6 Å². The van der Waals surface area contributed by atoms with E-state index in [4.69, 9.17) is 11.6 Å². The van der Waals surface area contributed by atoms with Crippen LogP contribution in [0.2, 0.25) is 5.28 Å². The lowest BCUT2D eigenvalue weighted by molar-refractivity contribution is 0.276. The van der Waals surface area contributed by atoms with Gasteiger partial charge in [-0.25, -0.2) is 9.37 Å². The summed E-state index contributed by atoms with van der Waals surface area (Å²) < 4.78 is 13.4. The number of halogens is 2. The fourth-order valence-electron chi connectivity index (χ4n) is 2.23. The Labute approximate surface area is 105 Å². The van der Waals surface area contributed by atoms with Crippen LogP contribution in [0.5, 0.6) is 0 Å². The van der Waals surface area contributed by atoms with E-state index in [1.54, 1.807) is 0 Å². The molecule has 0 spiro atoms. The molecular weight excluding hydrogens is 243 g/mol. The van der Waals surface area contributed by atoms with E-state index in [1.165, 1.54) is 6.42 Å². The van der Waals surface area contributed by atoms with Gasteiger partial charge in [-0.3, -0.25) is 4.90 Å². The molecule has 1 aliphatic heterocycles. The number of hydrogen-bond acceptors (Lipinski definition) is 4. The Morgan fingerprint density at radius 2 is 2.47 bits per heavy atom. The van der Waals surface area contributed by atoms with Crippen LogP contribution in [-0.2, 0) is 0 Å². The number of rotatable bonds is 4. The fraction of sp³-hybridized carbons (Fsp3) is 0.636. The number of hydrogen-bond donors (Lipinski definition) is 1. The molecule has 4 nitrogen and oxygen atoms in total. The van der Waals surface area contributed by atoms with Gasteiger partial charge in [0.05, 0.1) is 6.20 Å². The summed E-state index contributed by atoms with van der Waals surface area (Å²) >= 11 is 5.63. The summed E-state index contributed by atoms with van der Waals surface area (Å²) in [6.07, 6.45) is 3.43. The van der Waals surface area contributed by atoms with Gasteiger partial charge in [0.25, 0.3) is 0 Å². The van der Waals surface area contributed by atoms with E-state index in [1.807, 2.05) is 0 Å². The topological polar surface area (TPSA) is 41.0 Å². The van der Waals surface area contributed by atoms with Crippen molar-refractivity contribution in [3.05, 3.63) is 17.3 Å². The summed E-state index contributed by atoms with van der Waals surface area (Å²) in [5.74, 6) is -0.275. The smallest absolute Gasteiger partial charge is 0.224 e. The predicted octanol–water partition coefficient (Wildman–Crippen LogP) is 2.17. The van der Waals surface area contributed by atoms with Crippen LogP contribution in [0.15, 0.2) is 6.20 Å². The molecule has 1 atom stereocenters. The van der Waals surface area contributed by atoms with E-state index in [0.717, 1.165) is 25.7 Å². The summed E-state index contributed by atoms with van der Waals surface area (Å²) in [5, 5.41) is 3.07. The maximum Gasteiger partial charge on any atom is 0.224 e. The monoisotopic (exact) mass is 258 g/mol. The molecule has 1 saturated heterocycles. The highest BCUT2D eigenvalue weighted by molar-refractivity contribution is 6.28. The van der Waals surface area contributed by atoms with E-state index < -0.39 is 5.82 Å². The first-order chi connectivity index (χ1) is 8.20. The third-order valence-electron chi connectivity index (χ3n) is 3.13. The molecule has 1 aromatic heterocycles. The average molecular weight is 259 g/mol. The Bertz CT molecular complexity index is 388. The van der Waals surface area contributed by atoms with Gasteiger partial charge in [-0.1, -0.05) is 6.92 Å². The average Bonchev–Trinajstić information content (AvgIpc) is 2.77. The third-order valence-corrected chi connectivity index (χ3v) is 3.31. The second kappa shape index (κ2) is 5.60. The minimum absolute atomic E-state index is 0.0627. The van der Waals surface area contributed by atoms with Crippen molar-refractivity contribution in [2.24, 2.45) is 0 Å². The second-order valence-corrected chi connectivity index (χ2v) is 4.48. The molecule has 0 amide bonds. The van der Waals surface area contributed by atoms with Crippen LogP contribution in [0, 0.1) is 5.82 Å². The van der Waals surface area contributed by atoms with E-state index in [-0.39, 0.29) is 11.1 Å². The Hall–Kier alpha value is -0.940. The van der Waals surface area contributed by atoms with Crippen molar-refractivity contribution in [2.75, 3.05) is 25.0 Å². The van der Waals surface area contributed by atoms with E-state index in [2.05, 4.69) is 27.1 Å². The molecular formula is C11H16ClFN4. The molecule has 17 heavy (non-hydrogen) atoms. The van der Waals surface area contributed by atoms with Crippen molar-refractivity contribution in [2.45, 2.75) is 25.8 Å². The molecule has 6 heteroatoms. The SMILES string of the molecule is CCN1CCCC1CNc1nc(Cl)ncc1F. The van der Waals surface area contributed by atoms with Gasteiger partial charge >= 0.3 is 0 Å². The molecule has 0 saturated carbocycles. The van der Waals surface area contributed by atoms with Crippen LogP contribution in [0.25, 0.3) is 0 Å². The normalized spacial score (nSPS) is 20.8. The highest BCUT2D eigenvalue weighted by Gasteiger charge is 2.22. The van der Waals surface area contributed by atoms with Crippen molar-refractivity contribution >= 4 is 17.4 Å². The molecule has 0 aromatic carbocycles. The van der Waals surface area contributed by atoms with Crippen molar-refractivity contribution in [3.8, 4) is 0 Å². The van der Waals surface area contributed by atoms with Gasteiger partial charge in [0.2, 0.25) is 5.28 Å². The van der Waals surface area contributed by atoms with Gasteiger partial charge < -0.3 is 5.32 Å². The van der Waals surface area contributed by atoms with Crippen molar-refractivity contribution in [1.29, 1.82) is 0 Å². The zero-order valence-corrected chi connectivity index (χ0v) is 10.5. The molecule has 1 aromatic rings. The largest absolute Gasteiger partial charge is 0.366 e. The third kappa shape index (κ3) is 3.04. The number of likely N-dealkylation sites (N-methyl/N-ethyl adjacent to an activating group) is 1. The minimum atomic E-state index is -0.463.